The van der Waals surface area contributed by atoms with Crippen molar-refractivity contribution in [3.05, 3.63) is 29.8 Å². The molecule has 1 aromatic rings. The van der Waals surface area contributed by atoms with Crippen LogP contribution in [0.1, 0.15) is 45.0 Å². The molecular weight excluding hydrogens is 344 g/mol. The van der Waals surface area contributed by atoms with Gasteiger partial charge in [0, 0.05) is 30.4 Å². The van der Waals surface area contributed by atoms with Gasteiger partial charge < -0.3 is 20.4 Å². The van der Waals surface area contributed by atoms with E-state index in [9.17, 15) is 14.4 Å². The summed E-state index contributed by atoms with van der Waals surface area (Å²) in [5, 5.41) is 5.67. The number of carbonyl (C=O) groups is 3. The molecule has 0 heterocycles. The highest BCUT2D eigenvalue weighted by atomic mass is 16.2. The fourth-order valence-electron chi connectivity index (χ4n) is 2.77. The van der Waals surface area contributed by atoms with E-state index in [2.05, 4.69) is 10.6 Å². The second-order valence-corrected chi connectivity index (χ2v) is 6.79. The van der Waals surface area contributed by atoms with Crippen LogP contribution in [0.15, 0.2) is 24.3 Å². The summed E-state index contributed by atoms with van der Waals surface area (Å²) < 4.78 is 0. The van der Waals surface area contributed by atoms with Crippen LogP contribution in [0.25, 0.3) is 0 Å². The maximum Gasteiger partial charge on any atom is 0.279 e. The third kappa shape index (κ3) is 7.78. The van der Waals surface area contributed by atoms with Gasteiger partial charge in [-0.25, -0.2) is 0 Å². The minimum atomic E-state index is -0.184. The van der Waals surface area contributed by atoms with Crippen LogP contribution in [0, 0.1) is 0 Å². The summed E-state index contributed by atoms with van der Waals surface area (Å²) in [7, 11) is 0. The summed E-state index contributed by atoms with van der Waals surface area (Å²) in [4.78, 5) is 39.3. The standard InChI is InChI=1S/C20H32N4O3/c1-6-23(13-18(25)21-15(4)5)14-19(26)22-17-11-9-10-16(12-17)20(27)24(7-2)8-3/h9-12,15H,6-8,13-14H2,1-5H3,(H,21,25)(H,22,26)/p+1. The molecule has 0 saturated heterocycles. The molecule has 7 heteroatoms. The SMILES string of the molecule is CCN(CC)C(=O)c1cccc(NC(=O)C[NH+](CC)CC(=O)NC(C)C)c1. The summed E-state index contributed by atoms with van der Waals surface area (Å²) in [6.45, 7) is 12.0. The fraction of sp³-hybridized carbons (Fsp3) is 0.550. The van der Waals surface area contributed by atoms with Crippen LogP contribution in [-0.2, 0) is 9.59 Å². The Kier molecular flexibility index (Phi) is 9.50. The van der Waals surface area contributed by atoms with Crippen LogP contribution in [0.3, 0.4) is 0 Å². The van der Waals surface area contributed by atoms with Crippen molar-refractivity contribution in [1.82, 2.24) is 10.2 Å². The maximum atomic E-state index is 12.4. The Labute approximate surface area is 162 Å². The van der Waals surface area contributed by atoms with Crippen molar-refractivity contribution in [1.29, 1.82) is 0 Å². The molecule has 0 spiro atoms. The van der Waals surface area contributed by atoms with Gasteiger partial charge in [-0.2, -0.15) is 0 Å². The third-order valence-corrected chi connectivity index (χ3v) is 4.21. The minimum absolute atomic E-state index is 0.0535. The topological polar surface area (TPSA) is 83.0 Å². The Bertz CT molecular complexity index is 642. The molecule has 0 saturated carbocycles. The summed E-state index contributed by atoms with van der Waals surface area (Å²) in [6, 6.07) is 7.03. The smallest absolute Gasteiger partial charge is 0.279 e. The van der Waals surface area contributed by atoms with Crippen molar-refractivity contribution in [2.75, 3.05) is 38.0 Å². The number of hydrogen-bond acceptors (Lipinski definition) is 3. The number of quaternary nitrogens is 1. The van der Waals surface area contributed by atoms with E-state index in [1.54, 1.807) is 29.2 Å². The first kappa shape index (κ1) is 22.6. The van der Waals surface area contributed by atoms with Gasteiger partial charge >= 0.3 is 0 Å². The Morgan fingerprint density at radius 3 is 2.22 bits per heavy atom. The molecule has 1 aromatic carbocycles. The molecule has 27 heavy (non-hydrogen) atoms. The Balaban J connectivity index is 2.69. The van der Waals surface area contributed by atoms with Crippen LogP contribution >= 0.6 is 0 Å². The molecule has 0 fully saturated rings. The number of anilines is 1. The van der Waals surface area contributed by atoms with E-state index in [-0.39, 0.29) is 36.9 Å². The lowest BCUT2D eigenvalue weighted by Gasteiger charge is -2.19. The summed E-state index contributed by atoms with van der Waals surface area (Å²) >= 11 is 0. The van der Waals surface area contributed by atoms with Gasteiger partial charge in [-0.3, -0.25) is 14.4 Å². The highest BCUT2D eigenvalue weighted by molar-refractivity contribution is 5.97. The molecule has 0 aliphatic heterocycles. The normalized spacial score (nSPS) is 11.8. The van der Waals surface area contributed by atoms with E-state index in [1.165, 1.54) is 0 Å². The molecule has 0 aromatic heterocycles. The number of carbonyl (C=O) groups excluding carboxylic acids is 3. The molecule has 1 rings (SSSR count). The highest BCUT2D eigenvalue weighted by Crippen LogP contribution is 2.12. The van der Waals surface area contributed by atoms with Gasteiger partial charge in [0.25, 0.3) is 17.7 Å². The highest BCUT2D eigenvalue weighted by Gasteiger charge is 2.18. The van der Waals surface area contributed by atoms with Gasteiger partial charge in [-0.05, 0) is 52.8 Å². The van der Waals surface area contributed by atoms with E-state index in [0.29, 0.717) is 30.9 Å². The fourth-order valence-corrected chi connectivity index (χ4v) is 2.77. The predicted octanol–water partition coefficient (Wildman–Crippen LogP) is 0.537. The monoisotopic (exact) mass is 377 g/mol. The van der Waals surface area contributed by atoms with Crippen molar-refractivity contribution in [2.24, 2.45) is 0 Å². The minimum Gasteiger partial charge on any atom is -0.349 e. The molecule has 0 aliphatic carbocycles. The van der Waals surface area contributed by atoms with Crippen LogP contribution in [0.2, 0.25) is 0 Å². The van der Waals surface area contributed by atoms with E-state index in [0.717, 1.165) is 4.90 Å². The van der Waals surface area contributed by atoms with Crippen LogP contribution in [0.4, 0.5) is 5.69 Å². The molecule has 7 nitrogen and oxygen atoms in total. The average molecular weight is 378 g/mol. The molecular formula is C20H33N4O3+. The number of rotatable bonds is 10. The van der Waals surface area contributed by atoms with Gasteiger partial charge in [0.05, 0.1) is 6.54 Å². The van der Waals surface area contributed by atoms with Crippen molar-refractivity contribution < 1.29 is 19.3 Å². The lowest BCUT2D eigenvalue weighted by Crippen LogP contribution is -3.14. The van der Waals surface area contributed by atoms with Crippen molar-refractivity contribution in [3.8, 4) is 0 Å². The molecule has 0 aliphatic rings. The van der Waals surface area contributed by atoms with Crippen molar-refractivity contribution in [3.63, 3.8) is 0 Å². The largest absolute Gasteiger partial charge is 0.349 e. The van der Waals surface area contributed by atoms with E-state index in [4.69, 9.17) is 0 Å². The quantitative estimate of drug-likeness (QED) is 0.556. The second-order valence-electron chi connectivity index (χ2n) is 6.79. The number of benzene rings is 1. The predicted molar refractivity (Wildman–Crippen MR) is 107 cm³/mol. The second kappa shape index (κ2) is 11.3. The van der Waals surface area contributed by atoms with Gasteiger partial charge in [-0.15, -0.1) is 0 Å². The number of amides is 3. The third-order valence-electron chi connectivity index (χ3n) is 4.21. The zero-order chi connectivity index (χ0) is 20.4. The summed E-state index contributed by atoms with van der Waals surface area (Å²) in [6.07, 6.45) is 0. The first-order valence-corrected chi connectivity index (χ1v) is 9.62. The van der Waals surface area contributed by atoms with E-state index in [1.807, 2.05) is 34.6 Å². The summed E-state index contributed by atoms with van der Waals surface area (Å²) in [5.41, 5.74) is 1.13. The lowest BCUT2D eigenvalue weighted by molar-refractivity contribution is -0.881. The van der Waals surface area contributed by atoms with Gasteiger partial charge in [-0.1, -0.05) is 6.07 Å². The zero-order valence-electron chi connectivity index (χ0n) is 17.1. The Morgan fingerprint density at radius 2 is 1.67 bits per heavy atom. The van der Waals surface area contributed by atoms with Crippen molar-refractivity contribution in [2.45, 2.75) is 40.7 Å². The molecule has 3 N–H and O–H groups in total. The molecule has 0 bridgehead atoms. The molecule has 150 valence electrons. The van der Waals surface area contributed by atoms with Gasteiger partial charge in [0.1, 0.15) is 0 Å². The number of hydrogen-bond donors (Lipinski definition) is 3. The van der Waals surface area contributed by atoms with Gasteiger partial charge in [0.15, 0.2) is 13.1 Å². The molecule has 1 unspecified atom stereocenters. The number of likely N-dealkylation sites (N-methyl/N-ethyl adjacent to an activating group) is 1. The lowest BCUT2D eigenvalue weighted by atomic mass is 10.1. The maximum absolute atomic E-state index is 12.4. The Hall–Kier alpha value is -2.41. The van der Waals surface area contributed by atoms with E-state index < -0.39 is 0 Å². The Morgan fingerprint density at radius 1 is 1.04 bits per heavy atom. The molecule has 1 atom stereocenters. The molecule has 0 radical (unpaired) electrons. The molecule has 3 amide bonds. The van der Waals surface area contributed by atoms with E-state index >= 15 is 0 Å². The first-order valence-electron chi connectivity index (χ1n) is 9.62. The van der Waals surface area contributed by atoms with Crippen LogP contribution < -0.4 is 15.5 Å². The zero-order valence-corrected chi connectivity index (χ0v) is 17.1. The van der Waals surface area contributed by atoms with Crippen LogP contribution in [0.5, 0.6) is 0 Å². The first-order chi connectivity index (χ1) is 12.8. The average Bonchev–Trinajstić information content (AvgIpc) is 2.61. The number of nitrogens with one attached hydrogen (secondary N) is 3. The number of nitrogens with zero attached hydrogens (tertiary/aromatic N) is 1. The summed E-state index contributed by atoms with van der Waals surface area (Å²) in [5.74, 6) is -0.305. The van der Waals surface area contributed by atoms with Gasteiger partial charge in [0.2, 0.25) is 0 Å². The van der Waals surface area contributed by atoms with Crippen LogP contribution in [-0.4, -0.2) is 61.4 Å². The van der Waals surface area contributed by atoms with Crippen molar-refractivity contribution >= 4 is 23.4 Å².